The van der Waals surface area contributed by atoms with Gasteiger partial charge in [-0.2, -0.15) is 0 Å². The minimum Gasteiger partial charge on any atom is -0.326 e. The molecule has 0 saturated carbocycles. The first kappa shape index (κ1) is 18.5. The Morgan fingerprint density at radius 3 is 1.88 bits per heavy atom. The van der Waals surface area contributed by atoms with E-state index in [1.807, 2.05) is 31.2 Å². The van der Waals surface area contributed by atoms with E-state index < -0.39 is 0 Å². The van der Waals surface area contributed by atoms with Crippen molar-refractivity contribution in [1.29, 1.82) is 0 Å². The Balaban J connectivity index is 2.13. The molecule has 0 aromatic heterocycles. The molecule has 0 aliphatic heterocycles. The predicted molar refractivity (Wildman–Crippen MR) is 103 cm³/mol. The quantitative estimate of drug-likeness (QED) is 0.782. The molecule has 0 heterocycles. The van der Waals surface area contributed by atoms with Crippen LogP contribution in [-0.4, -0.2) is 11.8 Å². The Labute approximate surface area is 149 Å². The van der Waals surface area contributed by atoms with Gasteiger partial charge in [0.1, 0.15) is 0 Å². The van der Waals surface area contributed by atoms with Crippen molar-refractivity contribution in [2.24, 2.45) is 5.92 Å². The van der Waals surface area contributed by atoms with Gasteiger partial charge in [-0.3, -0.25) is 9.59 Å². The maximum atomic E-state index is 12.4. The molecule has 4 nitrogen and oxygen atoms in total. The van der Waals surface area contributed by atoms with Crippen LogP contribution in [0.25, 0.3) is 5.57 Å². The summed E-state index contributed by atoms with van der Waals surface area (Å²) in [6.07, 6.45) is 1.65. The number of allylic oxidation sites excluding steroid dienone is 1. The zero-order valence-electron chi connectivity index (χ0n) is 15.1. The number of benzene rings is 2. The Kier molecular flexibility index (Phi) is 6.12. The fraction of sp³-hybridized carbons (Fsp3) is 0.238. The highest BCUT2D eigenvalue weighted by atomic mass is 16.2. The van der Waals surface area contributed by atoms with Crippen LogP contribution in [-0.2, 0) is 9.59 Å². The lowest BCUT2D eigenvalue weighted by molar-refractivity contribution is -0.114. The van der Waals surface area contributed by atoms with Gasteiger partial charge in [0.05, 0.1) is 0 Å². The van der Waals surface area contributed by atoms with Crippen molar-refractivity contribution in [3.05, 3.63) is 65.7 Å². The second-order valence-electron chi connectivity index (χ2n) is 6.37. The number of nitrogens with one attached hydrogen (secondary N) is 2. The average molecular weight is 336 g/mol. The largest absolute Gasteiger partial charge is 0.326 e. The lowest BCUT2D eigenvalue weighted by Gasteiger charge is -2.13. The molecule has 0 unspecified atom stereocenters. The van der Waals surface area contributed by atoms with Gasteiger partial charge >= 0.3 is 0 Å². The first-order chi connectivity index (χ1) is 11.8. The summed E-state index contributed by atoms with van der Waals surface area (Å²) in [5, 5.41) is 5.56. The second kappa shape index (κ2) is 8.29. The van der Waals surface area contributed by atoms with Crippen molar-refractivity contribution in [3.8, 4) is 0 Å². The van der Waals surface area contributed by atoms with E-state index in [0.29, 0.717) is 11.4 Å². The first-order valence-electron chi connectivity index (χ1n) is 8.32. The number of amides is 2. The molecule has 4 heteroatoms. The summed E-state index contributed by atoms with van der Waals surface area (Å²) in [7, 11) is 0. The van der Waals surface area contributed by atoms with Gasteiger partial charge in [0.25, 0.3) is 0 Å². The van der Waals surface area contributed by atoms with Crippen molar-refractivity contribution in [3.63, 3.8) is 0 Å². The molecule has 0 saturated heterocycles. The third-order valence-electron chi connectivity index (χ3n) is 3.77. The number of hydrogen-bond acceptors (Lipinski definition) is 2. The molecular weight excluding hydrogens is 312 g/mol. The summed E-state index contributed by atoms with van der Waals surface area (Å²) in [6.45, 7) is 7.64. The zero-order valence-corrected chi connectivity index (χ0v) is 15.1. The Bertz CT molecular complexity index is 773. The van der Waals surface area contributed by atoms with E-state index in [1.54, 1.807) is 30.3 Å². The number of carbonyl (C=O) groups is 2. The molecule has 0 aliphatic rings. The Hall–Kier alpha value is -2.88. The van der Waals surface area contributed by atoms with Gasteiger partial charge in [-0.1, -0.05) is 43.7 Å². The van der Waals surface area contributed by atoms with E-state index in [-0.39, 0.29) is 17.7 Å². The van der Waals surface area contributed by atoms with Crippen LogP contribution in [0, 0.1) is 12.8 Å². The molecule has 0 bridgehead atoms. The van der Waals surface area contributed by atoms with E-state index in [9.17, 15) is 9.59 Å². The lowest BCUT2D eigenvalue weighted by atomic mass is 9.94. The molecule has 130 valence electrons. The zero-order chi connectivity index (χ0) is 18.4. The maximum Gasteiger partial charge on any atom is 0.248 e. The first-order valence-corrected chi connectivity index (χ1v) is 8.32. The molecule has 2 amide bonds. The van der Waals surface area contributed by atoms with Crippen LogP contribution < -0.4 is 10.6 Å². The number of rotatable bonds is 5. The van der Waals surface area contributed by atoms with Crippen molar-refractivity contribution in [2.75, 3.05) is 10.6 Å². The molecule has 0 aliphatic carbocycles. The monoisotopic (exact) mass is 336 g/mol. The van der Waals surface area contributed by atoms with Crippen molar-refractivity contribution in [1.82, 2.24) is 0 Å². The summed E-state index contributed by atoms with van der Waals surface area (Å²) in [4.78, 5) is 23.4. The third kappa shape index (κ3) is 5.60. The highest BCUT2D eigenvalue weighted by molar-refractivity contribution is 6.04. The molecule has 0 fully saturated rings. The van der Waals surface area contributed by atoms with Gasteiger partial charge in [-0.15, -0.1) is 0 Å². The van der Waals surface area contributed by atoms with E-state index in [4.69, 9.17) is 0 Å². The average Bonchev–Trinajstić information content (AvgIpc) is 2.55. The van der Waals surface area contributed by atoms with Gasteiger partial charge in [-0.25, -0.2) is 0 Å². The fourth-order valence-corrected chi connectivity index (χ4v) is 2.49. The van der Waals surface area contributed by atoms with Crippen LogP contribution in [0.3, 0.4) is 0 Å². The maximum absolute atomic E-state index is 12.4. The van der Waals surface area contributed by atoms with Gasteiger partial charge in [0.15, 0.2) is 0 Å². The predicted octanol–water partition coefficient (Wildman–Crippen LogP) is 4.63. The van der Waals surface area contributed by atoms with Crippen LogP contribution in [0.15, 0.2) is 54.6 Å². The van der Waals surface area contributed by atoms with E-state index in [2.05, 4.69) is 24.5 Å². The third-order valence-corrected chi connectivity index (χ3v) is 3.77. The van der Waals surface area contributed by atoms with E-state index in [0.717, 1.165) is 11.1 Å². The highest BCUT2D eigenvalue weighted by Crippen LogP contribution is 2.23. The van der Waals surface area contributed by atoms with Crippen molar-refractivity contribution >= 4 is 28.8 Å². The van der Waals surface area contributed by atoms with Gasteiger partial charge in [0.2, 0.25) is 11.8 Å². The molecule has 2 aromatic rings. The molecule has 2 rings (SSSR count). The van der Waals surface area contributed by atoms with E-state index in [1.165, 1.54) is 12.5 Å². The van der Waals surface area contributed by atoms with Crippen molar-refractivity contribution < 1.29 is 9.59 Å². The normalized spacial score (nSPS) is 11.3. The summed E-state index contributed by atoms with van der Waals surface area (Å²) in [5.41, 5.74) is 4.62. The van der Waals surface area contributed by atoms with Gasteiger partial charge in [-0.05, 0) is 48.2 Å². The van der Waals surface area contributed by atoms with Crippen molar-refractivity contribution in [2.45, 2.75) is 27.7 Å². The molecule has 0 atom stereocenters. The summed E-state index contributed by atoms with van der Waals surface area (Å²) in [6, 6.07) is 15.2. The molecule has 0 radical (unpaired) electrons. The number of hydrogen-bond donors (Lipinski definition) is 2. The topological polar surface area (TPSA) is 58.2 Å². The highest BCUT2D eigenvalue weighted by Gasteiger charge is 2.09. The van der Waals surface area contributed by atoms with Crippen LogP contribution in [0.1, 0.15) is 31.9 Å². The molecule has 0 spiro atoms. The van der Waals surface area contributed by atoms with Crippen LogP contribution >= 0.6 is 0 Å². The lowest BCUT2D eigenvalue weighted by Crippen LogP contribution is -2.10. The molecular formula is C21H24N2O2. The van der Waals surface area contributed by atoms with Crippen LogP contribution in [0.2, 0.25) is 0 Å². The Morgan fingerprint density at radius 2 is 1.40 bits per heavy atom. The fourth-order valence-electron chi connectivity index (χ4n) is 2.49. The standard InChI is InChI=1S/C21H24N2O2/c1-14(2)20(17-7-5-15(3)6-8-17)13-21(25)23-19-11-9-18(10-12-19)22-16(4)24/h5-14H,1-4H3,(H,22,24)(H,23,25)/b20-13+. The Morgan fingerprint density at radius 1 is 0.880 bits per heavy atom. The molecule has 25 heavy (non-hydrogen) atoms. The number of anilines is 2. The van der Waals surface area contributed by atoms with Gasteiger partial charge < -0.3 is 10.6 Å². The van der Waals surface area contributed by atoms with Gasteiger partial charge in [0, 0.05) is 24.4 Å². The SMILES string of the molecule is CC(=O)Nc1ccc(NC(=O)/C=C(/c2ccc(C)cc2)C(C)C)cc1. The van der Waals surface area contributed by atoms with Crippen LogP contribution in [0.4, 0.5) is 11.4 Å². The van der Waals surface area contributed by atoms with Crippen LogP contribution in [0.5, 0.6) is 0 Å². The summed E-state index contributed by atoms with van der Waals surface area (Å²) < 4.78 is 0. The molecule has 2 aromatic carbocycles. The smallest absolute Gasteiger partial charge is 0.248 e. The number of carbonyl (C=O) groups excluding carboxylic acids is 2. The second-order valence-corrected chi connectivity index (χ2v) is 6.37. The number of aryl methyl sites for hydroxylation is 1. The minimum atomic E-state index is -0.170. The minimum absolute atomic E-state index is 0.126. The summed E-state index contributed by atoms with van der Waals surface area (Å²) in [5.74, 6) is -0.0634. The summed E-state index contributed by atoms with van der Waals surface area (Å²) >= 11 is 0. The van der Waals surface area contributed by atoms with E-state index >= 15 is 0 Å². The molecule has 2 N–H and O–H groups in total.